The van der Waals surface area contributed by atoms with Crippen molar-refractivity contribution in [3.8, 4) is 0 Å². The van der Waals surface area contributed by atoms with Gasteiger partial charge in [0, 0.05) is 11.1 Å². The highest BCUT2D eigenvalue weighted by Gasteiger charge is 2.09. The third-order valence-electron chi connectivity index (χ3n) is 1.95. The first-order valence-electron chi connectivity index (χ1n) is 4.75. The van der Waals surface area contributed by atoms with Crippen molar-refractivity contribution in [1.82, 2.24) is 9.97 Å². The summed E-state index contributed by atoms with van der Waals surface area (Å²) in [6, 6.07) is 4.59. The number of aromatic nitrogens is 2. The van der Waals surface area contributed by atoms with E-state index in [2.05, 4.69) is 9.97 Å². The minimum atomic E-state index is -1.18. The molecular weight excluding hydrogens is 262 g/mol. The number of carbonyl (C=O) groups is 1. The molecular formula is C11H6F2N2O2S. The van der Waals surface area contributed by atoms with Crippen LogP contribution in [0, 0.1) is 11.6 Å². The van der Waals surface area contributed by atoms with Gasteiger partial charge in [-0.2, -0.15) is 0 Å². The molecule has 0 spiro atoms. The van der Waals surface area contributed by atoms with Crippen LogP contribution in [0.15, 0.2) is 40.5 Å². The quantitative estimate of drug-likeness (QED) is 0.867. The van der Waals surface area contributed by atoms with Crippen molar-refractivity contribution < 1.29 is 18.7 Å². The molecule has 0 fully saturated rings. The summed E-state index contributed by atoms with van der Waals surface area (Å²) in [5.41, 5.74) is -0.157. The van der Waals surface area contributed by atoms with E-state index in [9.17, 15) is 13.6 Å². The molecule has 0 aliphatic rings. The van der Waals surface area contributed by atoms with Crippen molar-refractivity contribution in [2.45, 2.75) is 10.1 Å². The molecule has 0 aliphatic carbocycles. The van der Waals surface area contributed by atoms with Crippen molar-refractivity contribution in [1.29, 1.82) is 0 Å². The number of aromatic carboxylic acids is 1. The lowest BCUT2D eigenvalue weighted by Gasteiger charge is -2.01. The van der Waals surface area contributed by atoms with E-state index in [0.29, 0.717) is 4.90 Å². The van der Waals surface area contributed by atoms with Crippen molar-refractivity contribution in [3.63, 3.8) is 0 Å². The summed E-state index contributed by atoms with van der Waals surface area (Å²) in [6.07, 6.45) is 1.29. The van der Waals surface area contributed by atoms with Crippen molar-refractivity contribution in [3.05, 3.63) is 47.8 Å². The van der Waals surface area contributed by atoms with Crippen LogP contribution in [0.5, 0.6) is 0 Å². The minimum Gasteiger partial charge on any atom is -0.477 e. The van der Waals surface area contributed by atoms with Gasteiger partial charge in [-0.1, -0.05) is 0 Å². The SMILES string of the molecule is O=C(O)c1ccnc(Sc2ccc(F)c(F)c2)n1. The van der Waals surface area contributed by atoms with Gasteiger partial charge in [-0.3, -0.25) is 0 Å². The summed E-state index contributed by atoms with van der Waals surface area (Å²) in [6.45, 7) is 0. The van der Waals surface area contributed by atoms with Crippen LogP contribution in [0.25, 0.3) is 0 Å². The molecule has 1 aromatic carbocycles. The Morgan fingerprint density at radius 3 is 2.67 bits per heavy atom. The normalized spacial score (nSPS) is 10.3. The second-order valence-corrected chi connectivity index (χ2v) is 4.25. The van der Waals surface area contributed by atoms with Gasteiger partial charge in [0.2, 0.25) is 0 Å². The second kappa shape index (κ2) is 5.09. The Morgan fingerprint density at radius 2 is 2.00 bits per heavy atom. The zero-order valence-electron chi connectivity index (χ0n) is 8.80. The van der Waals surface area contributed by atoms with E-state index in [1.807, 2.05) is 0 Å². The van der Waals surface area contributed by atoms with Gasteiger partial charge in [0.1, 0.15) is 0 Å². The Hall–Kier alpha value is -2.02. The fourth-order valence-electron chi connectivity index (χ4n) is 1.15. The molecule has 0 atom stereocenters. The lowest BCUT2D eigenvalue weighted by atomic mass is 10.3. The first-order chi connectivity index (χ1) is 8.56. The monoisotopic (exact) mass is 268 g/mol. The van der Waals surface area contributed by atoms with Gasteiger partial charge in [0.15, 0.2) is 22.5 Å². The molecule has 92 valence electrons. The highest BCUT2D eigenvalue weighted by Crippen LogP contribution is 2.25. The Labute approximate surface area is 105 Å². The standard InChI is InChI=1S/C11H6F2N2O2S/c12-7-2-1-6(5-8(7)13)18-11-14-4-3-9(15-11)10(16)17/h1-5H,(H,16,17). The third-order valence-corrected chi connectivity index (χ3v) is 2.82. The van der Waals surface area contributed by atoms with Gasteiger partial charge in [0.05, 0.1) is 0 Å². The molecule has 18 heavy (non-hydrogen) atoms. The van der Waals surface area contributed by atoms with Gasteiger partial charge in [-0.05, 0) is 36.0 Å². The summed E-state index contributed by atoms with van der Waals surface area (Å²) in [4.78, 5) is 18.7. The predicted molar refractivity (Wildman–Crippen MR) is 59.5 cm³/mol. The van der Waals surface area contributed by atoms with E-state index in [1.54, 1.807) is 0 Å². The lowest BCUT2D eigenvalue weighted by molar-refractivity contribution is 0.0689. The molecule has 2 aromatic rings. The van der Waals surface area contributed by atoms with Crippen LogP contribution in [-0.4, -0.2) is 21.0 Å². The molecule has 0 unspecified atom stereocenters. The van der Waals surface area contributed by atoms with E-state index in [4.69, 9.17) is 5.11 Å². The van der Waals surface area contributed by atoms with Crippen molar-refractivity contribution >= 4 is 17.7 Å². The van der Waals surface area contributed by atoms with Crippen LogP contribution >= 0.6 is 11.8 Å². The summed E-state index contributed by atoms with van der Waals surface area (Å²) < 4.78 is 25.7. The number of hydrogen-bond acceptors (Lipinski definition) is 4. The molecule has 0 amide bonds. The Balaban J connectivity index is 2.25. The van der Waals surface area contributed by atoms with Crippen LogP contribution in [0.2, 0.25) is 0 Å². The average Bonchev–Trinajstić information content (AvgIpc) is 2.34. The Kier molecular flexibility index (Phi) is 3.52. The number of halogens is 2. The molecule has 0 radical (unpaired) electrons. The van der Waals surface area contributed by atoms with E-state index in [1.165, 1.54) is 18.3 Å². The van der Waals surface area contributed by atoms with Gasteiger partial charge < -0.3 is 5.11 Å². The highest BCUT2D eigenvalue weighted by atomic mass is 32.2. The molecule has 1 heterocycles. The Morgan fingerprint density at radius 1 is 1.22 bits per heavy atom. The number of rotatable bonds is 3. The van der Waals surface area contributed by atoms with Crippen LogP contribution < -0.4 is 0 Å². The smallest absolute Gasteiger partial charge is 0.354 e. The molecule has 0 aliphatic heterocycles. The van der Waals surface area contributed by atoms with Crippen LogP contribution in [0.4, 0.5) is 8.78 Å². The largest absolute Gasteiger partial charge is 0.477 e. The van der Waals surface area contributed by atoms with Gasteiger partial charge in [-0.25, -0.2) is 23.5 Å². The second-order valence-electron chi connectivity index (χ2n) is 3.21. The maximum absolute atomic E-state index is 13.0. The maximum atomic E-state index is 13.0. The molecule has 4 nitrogen and oxygen atoms in total. The number of nitrogens with zero attached hydrogens (tertiary/aromatic N) is 2. The van der Waals surface area contributed by atoms with Crippen LogP contribution in [0.3, 0.4) is 0 Å². The minimum absolute atomic E-state index is 0.154. The molecule has 2 rings (SSSR count). The topological polar surface area (TPSA) is 63.1 Å². The number of benzene rings is 1. The summed E-state index contributed by atoms with van der Waals surface area (Å²) in [7, 11) is 0. The fourth-order valence-corrected chi connectivity index (χ4v) is 1.92. The third kappa shape index (κ3) is 2.80. The molecule has 1 N–H and O–H groups in total. The van der Waals surface area contributed by atoms with E-state index in [0.717, 1.165) is 23.9 Å². The first kappa shape index (κ1) is 12.4. The molecule has 0 saturated carbocycles. The van der Waals surface area contributed by atoms with Gasteiger partial charge >= 0.3 is 5.97 Å². The van der Waals surface area contributed by atoms with Crippen molar-refractivity contribution in [2.24, 2.45) is 0 Å². The lowest BCUT2D eigenvalue weighted by Crippen LogP contribution is -2.01. The predicted octanol–water partition coefficient (Wildman–Crippen LogP) is 2.60. The highest BCUT2D eigenvalue weighted by molar-refractivity contribution is 7.99. The summed E-state index contributed by atoms with van der Waals surface area (Å²) >= 11 is 0.950. The van der Waals surface area contributed by atoms with Crippen LogP contribution in [-0.2, 0) is 0 Å². The van der Waals surface area contributed by atoms with Gasteiger partial charge in [0.25, 0.3) is 0 Å². The molecule has 0 saturated heterocycles. The molecule has 1 aromatic heterocycles. The zero-order chi connectivity index (χ0) is 13.1. The Bertz CT molecular complexity index is 607. The van der Waals surface area contributed by atoms with Gasteiger partial charge in [-0.15, -0.1) is 0 Å². The average molecular weight is 268 g/mol. The molecule has 0 bridgehead atoms. The fraction of sp³-hybridized carbons (Fsp3) is 0. The first-order valence-corrected chi connectivity index (χ1v) is 5.57. The number of carboxylic acid groups (broad SMARTS) is 1. The molecule has 7 heteroatoms. The number of hydrogen-bond donors (Lipinski definition) is 1. The summed E-state index contributed by atoms with van der Waals surface area (Å²) in [5.74, 6) is -3.10. The maximum Gasteiger partial charge on any atom is 0.354 e. The van der Waals surface area contributed by atoms with E-state index >= 15 is 0 Å². The summed E-state index contributed by atoms with van der Waals surface area (Å²) in [5, 5.41) is 8.90. The zero-order valence-corrected chi connectivity index (χ0v) is 9.62. The van der Waals surface area contributed by atoms with E-state index < -0.39 is 17.6 Å². The number of carboxylic acids is 1. The van der Waals surface area contributed by atoms with Crippen molar-refractivity contribution in [2.75, 3.05) is 0 Å². The van der Waals surface area contributed by atoms with E-state index in [-0.39, 0.29) is 10.9 Å². The van der Waals surface area contributed by atoms with Crippen LogP contribution in [0.1, 0.15) is 10.5 Å².